The molecule has 6 heteroatoms. The number of β-amino-alcohol motifs (C(OH)–C–C–N with tert-alkyl or cyclic N) is 2. The van der Waals surface area contributed by atoms with Crippen LogP contribution in [0.4, 0.5) is 0 Å². The van der Waals surface area contributed by atoms with Crippen molar-refractivity contribution in [1.82, 2.24) is 9.88 Å². The molecule has 2 unspecified atom stereocenters. The molecule has 0 radical (unpaired) electrons. The molecular formula is C12H13BrN2O3. The molecule has 0 amide bonds. The van der Waals surface area contributed by atoms with E-state index >= 15 is 0 Å². The highest BCUT2D eigenvalue weighted by molar-refractivity contribution is 9.10. The molecule has 5 nitrogen and oxygen atoms in total. The molecule has 2 atom stereocenters. The van der Waals surface area contributed by atoms with Gasteiger partial charge < -0.3 is 14.6 Å². The number of oxazole rings is 1. The summed E-state index contributed by atoms with van der Waals surface area (Å²) in [6.45, 7) is 1.40. The van der Waals surface area contributed by atoms with Gasteiger partial charge in [0.2, 0.25) is 5.89 Å². The third kappa shape index (κ3) is 2.29. The molecule has 0 spiro atoms. The van der Waals surface area contributed by atoms with Crippen LogP contribution >= 0.6 is 15.9 Å². The van der Waals surface area contributed by atoms with E-state index in [2.05, 4.69) is 20.9 Å². The number of hydrogen-bond acceptors (Lipinski definition) is 5. The minimum absolute atomic E-state index is 0.448. The summed E-state index contributed by atoms with van der Waals surface area (Å²) in [4.78, 5) is 6.30. The van der Waals surface area contributed by atoms with Gasteiger partial charge in [-0.05, 0) is 18.2 Å². The first-order valence-corrected chi connectivity index (χ1v) is 6.54. The topological polar surface area (TPSA) is 69.7 Å². The largest absolute Gasteiger partial charge is 0.439 e. The molecule has 3 rings (SSSR count). The molecule has 18 heavy (non-hydrogen) atoms. The summed E-state index contributed by atoms with van der Waals surface area (Å²) < 4.78 is 6.58. The smallest absolute Gasteiger partial charge is 0.209 e. The van der Waals surface area contributed by atoms with Gasteiger partial charge in [-0.1, -0.05) is 15.9 Å². The van der Waals surface area contributed by atoms with Crippen molar-refractivity contribution in [1.29, 1.82) is 0 Å². The number of rotatable bonds is 2. The van der Waals surface area contributed by atoms with E-state index in [1.807, 2.05) is 23.1 Å². The number of aliphatic hydroxyl groups is 2. The van der Waals surface area contributed by atoms with E-state index < -0.39 is 12.2 Å². The van der Waals surface area contributed by atoms with E-state index in [0.29, 0.717) is 25.5 Å². The first-order valence-electron chi connectivity index (χ1n) is 5.75. The number of likely N-dealkylation sites (tertiary alicyclic amines) is 1. The summed E-state index contributed by atoms with van der Waals surface area (Å²) in [7, 11) is 0. The van der Waals surface area contributed by atoms with Gasteiger partial charge in [0.05, 0.1) is 18.8 Å². The molecule has 0 saturated carbocycles. The van der Waals surface area contributed by atoms with Crippen LogP contribution in [0.25, 0.3) is 11.1 Å². The van der Waals surface area contributed by atoms with E-state index in [0.717, 1.165) is 15.6 Å². The van der Waals surface area contributed by atoms with Crippen LogP contribution in [0.15, 0.2) is 27.1 Å². The Balaban J connectivity index is 1.79. The van der Waals surface area contributed by atoms with Gasteiger partial charge in [-0.2, -0.15) is 0 Å². The molecule has 2 heterocycles. The van der Waals surface area contributed by atoms with Crippen molar-refractivity contribution in [3.05, 3.63) is 28.6 Å². The maximum Gasteiger partial charge on any atom is 0.209 e. The monoisotopic (exact) mass is 312 g/mol. The standard InChI is InChI=1S/C12H13BrN2O3/c13-7-1-2-8-11(3-7)18-12(14-8)6-15-4-9(16)10(17)5-15/h1-3,9-10,16-17H,4-6H2. The number of halogens is 1. The zero-order valence-corrected chi connectivity index (χ0v) is 11.2. The SMILES string of the molecule is OC1CN(Cc2nc3ccc(Br)cc3o2)CC1O. The number of fused-ring (bicyclic) bond motifs is 1. The van der Waals surface area contributed by atoms with Crippen molar-refractivity contribution in [2.24, 2.45) is 0 Å². The third-order valence-corrected chi connectivity index (χ3v) is 3.58. The van der Waals surface area contributed by atoms with Crippen molar-refractivity contribution < 1.29 is 14.6 Å². The second-order valence-electron chi connectivity index (χ2n) is 4.55. The lowest BCUT2D eigenvalue weighted by Gasteiger charge is -2.10. The lowest BCUT2D eigenvalue weighted by atomic mass is 10.3. The van der Waals surface area contributed by atoms with Crippen molar-refractivity contribution in [3.63, 3.8) is 0 Å². The minimum Gasteiger partial charge on any atom is -0.439 e. The average Bonchev–Trinajstić information content (AvgIpc) is 2.82. The van der Waals surface area contributed by atoms with E-state index in [4.69, 9.17) is 4.42 Å². The molecule has 0 bridgehead atoms. The van der Waals surface area contributed by atoms with Crippen LogP contribution < -0.4 is 0 Å². The van der Waals surface area contributed by atoms with Gasteiger partial charge in [0.1, 0.15) is 5.52 Å². The normalized spacial score (nSPS) is 25.1. The van der Waals surface area contributed by atoms with Crippen molar-refractivity contribution in [2.75, 3.05) is 13.1 Å². The highest BCUT2D eigenvalue weighted by Crippen LogP contribution is 2.22. The molecule has 1 saturated heterocycles. The molecule has 2 aromatic rings. The van der Waals surface area contributed by atoms with Gasteiger partial charge in [0.25, 0.3) is 0 Å². The van der Waals surface area contributed by atoms with Crippen LogP contribution in [0.3, 0.4) is 0 Å². The molecule has 1 aromatic heterocycles. The van der Waals surface area contributed by atoms with Gasteiger partial charge in [0, 0.05) is 17.6 Å². The highest BCUT2D eigenvalue weighted by atomic mass is 79.9. The van der Waals surface area contributed by atoms with Crippen LogP contribution in [-0.4, -0.2) is 45.4 Å². The van der Waals surface area contributed by atoms with Crippen molar-refractivity contribution >= 4 is 27.0 Å². The maximum atomic E-state index is 9.47. The molecule has 1 aliphatic rings. The predicted molar refractivity (Wildman–Crippen MR) is 69.0 cm³/mol. The van der Waals surface area contributed by atoms with E-state index in [1.165, 1.54) is 0 Å². The fourth-order valence-electron chi connectivity index (χ4n) is 2.18. The van der Waals surface area contributed by atoms with Gasteiger partial charge in [-0.25, -0.2) is 4.98 Å². The summed E-state index contributed by atoms with van der Waals surface area (Å²) in [5.74, 6) is 0.601. The van der Waals surface area contributed by atoms with Gasteiger partial charge in [-0.15, -0.1) is 0 Å². The Morgan fingerprint density at radius 1 is 1.33 bits per heavy atom. The molecular weight excluding hydrogens is 300 g/mol. The van der Waals surface area contributed by atoms with Gasteiger partial charge >= 0.3 is 0 Å². The number of aliphatic hydroxyl groups excluding tert-OH is 2. The lowest BCUT2D eigenvalue weighted by molar-refractivity contribution is 0.0572. The molecule has 0 aliphatic carbocycles. The highest BCUT2D eigenvalue weighted by Gasteiger charge is 2.30. The van der Waals surface area contributed by atoms with Crippen LogP contribution in [-0.2, 0) is 6.54 Å². The second kappa shape index (κ2) is 4.62. The van der Waals surface area contributed by atoms with Crippen molar-refractivity contribution in [2.45, 2.75) is 18.8 Å². The van der Waals surface area contributed by atoms with Crippen LogP contribution in [0.2, 0.25) is 0 Å². The van der Waals surface area contributed by atoms with Crippen LogP contribution in [0.5, 0.6) is 0 Å². The summed E-state index contributed by atoms with van der Waals surface area (Å²) in [6, 6.07) is 5.68. The Morgan fingerprint density at radius 2 is 2.06 bits per heavy atom. The summed E-state index contributed by atoms with van der Waals surface area (Å²) >= 11 is 3.38. The third-order valence-electron chi connectivity index (χ3n) is 3.09. The van der Waals surface area contributed by atoms with E-state index in [1.54, 1.807) is 0 Å². The minimum atomic E-state index is -0.677. The maximum absolute atomic E-state index is 9.47. The summed E-state index contributed by atoms with van der Waals surface area (Å²) in [5.41, 5.74) is 1.55. The Bertz CT molecular complexity index is 561. The zero-order valence-electron chi connectivity index (χ0n) is 9.58. The molecule has 96 valence electrons. The van der Waals surface area contributed by atoms with Gasteiger partial charge in [0.15, 0.2) is 5.58 Å². The summed E-state index contributed by atoms with van der Waals surface area (Å²) in [6.07, 6.45) is -1.35. The first-order chi connectivity index (χ1) is 8.61. The second-order valence-corrected chi connectivity index (χ2v) is 5.46. The van der Waals surface area contributed by atoms with Crippen LogP contribution in [0.1, 0.15) is 5.89 Å². The van der Waals surface area contributed by atoms with E-state index in [9.17, 15) is 10.2 Å². The fourth-order valence-corrected chi connectivity index (χ4v) is 2.52. The van der Waals surface area contributed by atoms with Crippen molar-refractivity contribution in [3.8, 4) is 0 Å². The van der Waals surface area contributed by atoms with Gasteiger partial charge in [-0.3, -0.25) is 4.90 Å². The average molecular weight is 313 g/mol. The lowest BCUT2D eigenvalue weighted by Crippen LogP contribution is -2.22. The fraction of sp³-hybridized carbons (Fsp3) is 0.417. The Morgan fingerprint density at radius 3 is 2.78 bits per heavy atom. The summed E-state index contributed by atoms with van der Waals surface area (Å²) in [5, 5.41) is 18.9. The molecule has 1 aromatic carbocycles. The number of nitrogens with zero attached hydrogens (tertiary/aromatic N) is 2. The van der Waals surface area contributed by atoms with E-state index in [-0.39, 0.29) is 0 Å². The number of benzene rings is 1. The Labute approximate surface area is 112 Å². The first kappa shape index (κ1) is 12.1. The molecule has 2 N–H and O–H groups in total. The number of aromatic nitrogens is 1. The quantitative estimate of drug-likeness (QED) is 0.870. The number of hydrogen-bond donors (Lipinski definition) is 2. The zero-order chi connectivity index (χ0) is 12.7. The Kier molecular flexibility index (Phi) is 3.11. The molecule has 1 aliphatic heterocycles. The van der Waals surface area contributed by atoms with Crippen LogP contribution in [0, 0.1) is 0 Å². The molecule has 1 fully saturated rings. The Hall–Kier alpha value is -0.950. The predicted octanol–water partition coefficient (Wildman–Crippen LogP) is 1.13.